The zero-order valence-corrected chi connectivity index (χ0v) is 57.9. The van der Waals surface area contributed by atoms with Crippen LogP contribution in [0, 0.1) is 0 Å². The molecule has 20 heteroatoms. The number of fused-ring (bicyclic) bond motifs is 15. The lowest BCUT2D eigenvalue weighted by Crippen LogP contribution is -2.35. The molecule has 0 amide bonds. The lowest BCUT2D eigenvalue weighted by Gasteiger charge is -2.26. The average molecular weight is 1360 g/mol. The SMILES string of the molecule is CCC1(CC)OC2COc3cccc4c3C3=C5C=CC(=N5)C5=c6ccc([nH]6)=C6C7=NC(=C(c8ccc3[nH]8)c3c(cccc3OCC3OC(CC)(CC)OC3COc3cccc(c36)OCC3OC(CC)(CC)OC3COc3cccc(c35)OCC3OC(CC)(CC)OC3CO4)OCC2O1)C=C7. The van der Waals surface area contributed by atoms with Crippen LogP contribution in [0.5, 0.6) is 46.0 Å². The van der Waals surface area contributed by atoms with Crippen molar-refractivity contribution in [3.63, 3.8) is 0 Å². The molecule has 0 aliphatic carbocycles. The summed E-state index contributed by atoms with van der Waals surface area (Å²) < 4.78 is 115. The standard InChI is InChI=1S/C80H86N4O16/c1-9-77(10-2)93-61-37-85-53-21-17-23-55-73(53)69-45-29-30-46(81-45)70-48-32-34-50(83-48)72-52-36-35-51(84-52)71(49-33-31-47(69)82-49)75-57(89-41-65-63(39-87-55)95-78(11-3,12-4)97-65)25-19-27-59(75)91-43-67-68(100-80(15-7,16-8)99-67)44-92-60-28-20-26-58(76(60)72)90-42-66-64(96-79(13-5,14-6)98-66)40-88-56-24-18-22-54(74(56)70)86-38-62(61)94-77/h17-36,61-68,81,84H,9-16,37-44H2,1-8H3. The van der Waals surface area contributed by atoms with Crippen molar-refractivity contribution in [2.75, 3.05) is 52.9 Å². The van der Waals surface area contributed by atoms with Crippen LogP contribution in [0.2, 0.25) is 0 Å². The molecule has 0 radical (unpaired) electrons. The highest BCUT2D eigenvalue weighted by atomic mass is 16.8. The fourth-order valence-electron chi connectivity index (χ4n) is 16.0. The maximum absolute atomic E-state index is 7.27. The molecule has 20 nitrogen and oxygen atoms in total. The Morgan fingerprint density at radius 1 is 0.290 bits per heavy atom. The molecular weight excluding hydrogens is 1270 g/mol. The molecule has 0 spiro atoms. The van der Waals surface area contributed by atoms with Gasteiger partial charge in [0.2, 0.25) is 0 Å². The van der Waals surface area contributed by atoms with Crippen molar-refractivity contribution in [1.29, 1.82) is 0 Å². The van der Waals surface area contributed by atoms with Gasteiger partial charge >= 0.3 is 0 Å². The summed E-state index contributed by atoms with van der Waals surface area (Å²) in [6, 6.07) is 31.9. The Bertz CT molecular complexity index is 4220. The number of aromatic amines is 2. The number of ether oxygens (including phenoxy) is 16. The smallest absolute Gasteiger partial charge is 0.169 e. The number of benzene rings is 4. The van der Waals surface area contributed by atoms with E-state index >= 15 is 0 Å². The Morgan fingerprint density at radius 2 is 0.520 bits per heavy atom. The normalized spacial score (nSPS) is 27.0. The average Bonchev–Trinajstić information content (AvgIpc) is 1.56. The molecule has 3 saturated heterocycles. The van der Waals surface area contributed by atoms with Crippen LogP contribution >= 0.6 is 0 Å². The Labute approximate surface area is 581 Å². The number of hydrogen-bond acceptors (Lipinski definition) is 18. The third kappa shape index (κ3) is 11.1. The first kappa shape index (κ1) is 64.9. The Morgan fingerprint density at radius 3 is 0.750 bits per heavy atom. The van der Waals surface area contributed by atoms with Crippen LogP contribution in [0.25, 0.3) is 22.3 Å². The van der Waals surface area contributed by atoms with Crippen LogP contribution in [-0.4, -0.2) is 146 Å². The molecule has 6 aromatic rings. The summed E-state index contributed by atoms with van der Waals surface area (Å²) in [5.74, 6) is 0.479. The summed E-state index contributed by atoms with van der Waals surface area (Å²) in [7, 11) is 0. The highest BCUT2D eigenvalue weighted by molar-refractivity contribution is 6.33. The largest absolute Gasteiger partial charge is 0.490 e. The molecule has 2 aromatic heterocycles. The van der Waals surface area contributed by atoms with Gasteiger partial charge in [0, 0.05) is 44.4 Å². The molecule has 2 N–H and O–H groups in total. The maximum atomic E-state index is 7.27. The number of rotatable bonds is 8. The van der Waals surface area contributed by atoms with Crippen molar-refractivity contribution in [3.8, 4) is 46.0 Å². The quantitative estimate of drug-likeness (QED) is 0.145. The van der Waals surface area contributed by atoms with Gasteiger partial charge in [0.25, 0.3) is 0 Å². The second kappa shape index (κ2) is 25.9. The Hall–Kier alpha value is -8.44. The molecule has 11 aliphatic rings. The minimum atomic E-state index is -0.916. The van der Waals surface area contributed by atoms with E-state index in [0.717, 1.165) is 0 Å². The summed E-state index contributed by atoms with van der Waals surface area (Å²) >= 11 is 0. The van der Waals surface area contributed by atoms with Gasteiger partial charge in [0.1, 0.15) is 148 Å². The zero-order valence-electron chi connectivity index (χ0n) is 57.9. The second-order valence-corrected chi connectivity index (χ2v) is 27.2. The van der Waals surface area contributed by atoms with E-state index in [2.05, 4.69) is 114 Å². The van der Waals surface area contributed by atoms with Crippen LogP contribution in [-0.2, 0) is 37.9 Å². The van der Waals surface area contributed by atoms with E-state index in [0.29, 0.717) is 187 Å². The minimum Gasteiger partial charge on any atom is -0.490 e. The Balaban J connectivity index is 1.02. The van der Waals surface area contributed by atoms with Gasteiger partial charge in [0.15, 0.2) is 23.1 Å². The van der Waals surface area contributed by atoms with Gasteiger partial charge in [-0.25, -0.2) is 9.98 Å². The molecule has 32 bridgehead atoms. The first-order chi connectivity index (χ1) is 48.9. The molecule has 0 saturated carbocycles. The molecule has 522 valence electrons. The van der Waals surface area contributed by atoms with Gasteiger partial charge < -0.3 is 85.8 Å². The van der Waals surface area contributed by atoms with E-state index in [1.165, 1.54) is 0 Å². The summed E-state index contributed by atoms with van der Waals surface area (Å²) in [6.45, 7) is 17.3. The third-order valence-corrected chi connectivity index (χ3v) is 21.8. The van der Waals surface area contributed by atoms with Crippen LogP contribution < -0.4 is 48.6 Å². The fourth-order valence-corrected chi connectivity index (χ4v) is 16.0. The number of H-pyrrole nitrogens is 2. The van der Waals surface area contributed by atoms with Crippen LogP contribution in [0.15, 0.2) is 143 Å². The maximum Gasteiger partial charge on any atom is 0.169 e. The van der Waals surface area contributed by atoms with Crippen molar-refractivity contribution >= 4 is 33.7 Å². The molecule has 100 heavy (non-hydrogen) atoms. The summed E-state index contributed by atoms with van der Waals surface area (Å²) in [5.41, 5.74) is 8.96. The molecular formula is C80H86N4O16. The van der Waals surface area contributed by atoms with Crippen molar-refractivity contribution in [1.82, 2.24) is 9.97 Å². The minimum absolute atomic E-state index is 0.0840. The van der Waals surface area contributed by atoms with Gasteiger partial charge in [-0.2, -0.15) is 0 Å². The number of hydrogen-bond donors (Lipinski definition) is 2. The van der Waals surface area contributed by atoms with E-state index in [4.69, 9.17) is 85.8 Å². The van der Waals surface area contributed by atoms with Crippen molar-refractivity contribution in [3.05, 3.63) is 177 Å². The van der Waals surface area contributed by atoms with E-state index in [1.807, 2.05) is 72.8 Å². The summed E-state index contributed by atoms with van der Waals surface area (Å²) in [4.78, 5) is 19.7. The molecule has 8 atom stereocenters. The summed E-state index contributed by atoms with van der Waals surface area (Å²) in [5, 5.41) is 1.36. The molecule has 8 unspecified atom stereocenters. The molecule has 17 rings (SSSR count). The molecule has 4 aromatic carbocycles. The molecule has 13 heterocycles. The predicted molar refractivity (Wildman–Crippen MR) is 373 cm³/mol. The first-order valence-corrected chi connectivity index (χ1v) is 36.1. The monoisotopic (exact) mass is 1360 g/mol. The molecule has 3 fully saturated rings. The van der Waals surface area contributed by atoms with Gasteiger partial charge in [-0.1, -0.05) is 79.7 Å². The van der Waals surface area contributed by atoms with E-state index in [-0.39, 0.29) is 52.9 Å². The van der Waals surface area contributed by atoms with E-state index in [1.54, 1.807) is 0 Å². The van der Waals surface area contributed by atoms with Crippen molar-refractivity contribution < 1.29 is 75.8 Å². The van der Waals surface area contributed by atoms with Gasteiger partial charge in [-0.3, -0.25) is 0 Å². The third-order valence-electron chi connectivity index (χ3n) is 21.8. The first-order valence-electron chi connectivity index (χ1n) is 36.1. The van der Waals surface area contributed by atoms with Gasteiger partial charge in [0.05, 0.1) is 45.1 Å². The summed E-state index contributed by atoms with van der Waals surface area (Å²) in [6.07, 6.45) is 8.14. The van der Waals surface area contributed by atoms with Crippen molar-refractivity contribution in [2.45, 2.75) is 179 Å². The molecule has 11 aliphatic heterocycles. The van der Waals surface area contributed by atoms with Crippen molar-refractivity contribution in [2.24, 2.45) is 9.98 Å². The highest BCUT2D eigenvalue weighted by Crippen LogP contribution is 2.50. The lowest BCUT2D eigenvalue weighted by molar-refractivity contribution is -0.182. The number of nitrogens with zero attached hydrogens (tertiary/aromatic N) is 2. The number of nitrogens with one attached hydrogen (secondary N) is 2. The number of allylic oxidation sites excluding steroid dienone is 4. The fraction of sp³-hybridized carbons (Fsp3) is 0.450. The van der Waals surface area contributed by atoms with Crippen LogP contribution in [0.4, 0.5) is 0 Å². The van der Waals surface area contributed by atoms with Gasteiger partial charge in [-0.15, -0.1) is 0 Å². The highest BCUT2D eigenvalue weighted by Gasteiger charge is 2.51. The van der Waals surface area contributed by atoms with E-state index in [9.17, 15) is 0 Å². The van der Waals surface area contributed by atoms with E-state index < -0.39 is 72.0 Å². The number of aliphatic imine (C=N–C) groups is 2. The Kier molecular flexibility index (Phi) is 16.8. The van der Waals surface area contributed by atoms with Crippen LogP contribution in [0.3, 0.4) is 0 Å². The van der Waals surface area contributed by atoms with Crippen LogP contribution in [0.1, 0.15) is 140 Å². The lowest BCUT2D eigenvalue weighted by atomic mass is 9.98. The number of aromatic nitrogens is 2. The topological polar surface area (TPSA) is 204 Å². The zero-order chi connectivity index (χ0) is 68.1. The van der Waals surface area contributed by atoms with Gasteiger partial charge in [-0.05, 0) is 148 Å². The second-order valence-electron chi connectivity index (χ2n) is 27.2. The predicted octanol–water partition coefficient (Wildman–Crippen LogP) is 12.3.